The summed E-state index contributed by atoms with van der Waals surface area (Å²) in [4.78, 5) is 24.0. The number of anilines is 1. The predicted molar refractivity (Wildman–Crippen MR) is 94.8 cm³/mol. The van der Waals surface area contributed by atoms with Crippen LogP contribution in [0.15, 0.2) is 36.1 Å². The van der Waals surface area contributed by atoms with Gasteiger partial charge in [0.15, 0.2) is 5.13 Å². The second-order valence-electron chi connectivity index (χ2n) is 6.40. The van der Waals surface area contributed by atoms with Crippen molar-refractivity contribution in [2.24, 2.45) is 5.92 Å². The van der Waals surface area contributed by atoms with Crippen LogP contribution in [0.5, 0.6) is 5.75 Å². The fourth-order valence-corrected chi connectivity index (χ4v) is 4.03. The maximum atomic E-state index is 12.4. The van der Waals surface area contributed by atoms with Crippen molar-refractivity contribution in [1.29, 1.82) is 0 Å². The first kappa shape index (κ1) is 14.7. The third-order valence-corrected chi connectivity index (χ3v) is 5.52. The van der Waals surface area contributed by atoms with E-state index in [1.807, 2.05) is 17.5 Å². The first-order valence-corrected chi connectivity index (χ1v) is 9.16. The molecule has 2 atom stereocenters. The maximum Gasteiger partial charge on any atom is 0.229 e. The van der Waals surface area contributed by atoms with Crippen molar-refractivity contribution in [3.63, 3.8) is 0 Å². The Labute approximate surface area is 148 Å². The fraction of sp³-hybridized carbons (Fsp3) is 0.278. The number of thiazole rings is 1. The lowest BCUT2D eigenvalue weighted by molar-refractivity contribution is -0.117. The molecule has 7 heteroatoms. The standard InChI is InChI=1S/C18H16N4O2S/c23-17(13-6-12(13)14-7-19-9-20-14)22-18-21-15(8-25-18)10-1-2-16-11(5-10)3-4-24-16/h1-2,5,7-9,12-13H,3-4,6H2,(H,19,20)(H,21,22,23)/t12-,13-/m1/s1. The fourth-order valence-electron chi connectivity index (χ4n) is 3.31. The highest BCUT2D eigenvalue weighted by molar-refractivity contribution is 7.14. The summed E-state index contributed by atoms with van der Waals surface area (Å²) in [5.74, 6) is 1.25. The van der Waals surface area contributed by atoms with E-state index in [9.17, 15) is 4.79 Å². The van der Waals surface area contributed by atoms with Crippen LogP contribution in [-0.4, -0.2) is 27.5 Å². The molecule has 1 fully saturated rings. The quantitative estimate of drug-likeness (QED) is 0.756. The van der Waals surface area contributed by atoms with Crippen molar-refractivity contribution >= 4 is 22.4 Å². The summed E-state index contributed by atoms with van der Waals surface area (Å²) >= 11 is 1.46. The number of benzene rings is 1. The maximum absolute atomic E-state index is 12.4. The average Bonchev–Trinajstić information content (AvgIpc) is 3.07. The van der Waals surface area contributed by atoms with Crippen molar-refractivity contribution in [3.8, 4) is 17.0 Å². The molecular weight excluding hydrogens is 336 g/mol. The number of amides is 1. The van der Waals surface area contributed by atoms with Crippen LogP contribution in [0.1, 0.15) is 23.6 Å². The second kappa shape index (κ2) is 5.70. The van der Waals surface area contributed by atoms with Gasteiger partial charge < -0.3 is 15.0 Å². The van der Waals surface area contributed by atoms with E-state index in [0.717, 1.165) is 42.1 Å². The zero-order valence-corrected chi connectivity index (χ0v) is 14.2. The molecule has 1 saturated carbocycles. The molecule has 2 aliphatic rings. The number of hydrogen-bond acceptors (Lipinski definition) is 5. The van der Waals surface area contributed by atoms with E-state index >= 15 is 0 Å². The van der Waals surface area contributed by atoms with Crippen LogP contribution >= 0.6 is 11.3 Å². The van der Waals surface area contributed by atoms with Crippen molar-refractivity contribution in [2.45, 2.75) is 18.8 Å². The number of ether oxygens (including phenoxy) is 1. The van der Waals surface area contributed by atoms with Gasteiger partial charge >= 0.3 is 0 Å². The summed E-state index contributed by atoms with van der Waals surface area (Å²) in [5, 5.41) is 5.57. The largest absolute Gasteiger partial charge is 0.493 e. The van der Waals surface area contributed by atoms with Gasteiger partial charge in [-0.3, -0.25) is 4.79 Å². The zero-order valence-electron chi connectivity index (χ0n) is 13.4. The molecule has 0 radical (unpaired) electrons. The van der Waals surface area contributed by atoms with E-state index in [1.165, 1.54) is 16.9 Å². The molecule has 25 heavy (non-hydrogen) atoms. The van der Waals surface area contributed by atoms with Gasteiger partial charge in [0.25, 0.3) is 0 Å². The molecule has 3 aromatic rings. The van der Waals surface area contributed by atoms with Gasteiger partial charge in [0.2, 0.25) is 5.91 Å². The van der Waals surface area contributed by atoms with Gasteiger partial charge in [0.1, 0.15) is 5.75 Å². The monoisotopic (exact) mass is 352 g/mol. The molecule has 1 aliphatic carbocycles. The van der Waals surface area contributed by atoms with E-state index < -0.39 is 0 Å². The van der Waals surface area contributed by atoms with E-state index in [0.29, 0.717) is 5.13 Å². The molecule has 3 heterocycles. The van der Waals surface area contributed by atoms with Gasteiger partial charge in [0, 0.05) is 41.1 Å². The van der Waals surface area contributed by atoms with Crippen LogP contribution in [0.2, 0.25) is 0 Å². The Balaban J connectivity index is 1.28. The number of hydrogen-bond donors (Lipinski definition) is 2. The van der Waals surface area contributed by atoms with Crippen LogP contribution in [0, 0.1) is 5.92 Å². The summed E-state index contributed by atoms with van der Waals surface area (Å²) < 4.78 is 5.54. The van der Waals surface area contributed by atoms with Crippen LogP contribution < -0.4 is 10.1 Å². The Morgan fingerprint density at radius 1 is 1.40 bits per heavy atom. The predicted octanol–water partition coefficient (Wildman–Crippen LogP) is 3.21. The number of nitrogens with zero attached hydrogens (tertiary/aromatic N) is 2. The lowest BCUT2D eigenvalue weighted by Gasteiger charge is -2.02. The van der Waals surface area contributed by atoms with E-state index in [-0.39, 0.29) is 17.7 Å². The van der Waals surface area contributed by atoms with Gasteiger partial charge in [-0.15, -0.1) is 11.3 Å². The minimum absolute atomic E-state index is 0.00458. The molecule has 0 saturated heterocycles. The van der Waals surface area contributed by atoms with Crippen molar-refractivity contribution in [3.05, 3.63) is 47.4 Å². The SMILES string of the molecule is O=C(Nc1nc(-c2ccc3c(c2)CCO3)cs1)[C@@H]1C[C@H]1c1cnc[nH]1. The number of imidazole rings is 1. The number of carbonyl (C=O) groups excluding carboxylic acids is 1. The van der Waals surface area contributed by atoms with E-state index in [1.54, 1.807) is 12.5 Å². The number of aromatic nitrogens is 3. The summed E-state index contributed by atoms with van der Waals surface area (Å²) in [6.07, 6.45) is 5.24. The summed E-state index contributed by atoms with van der Waals surface area (Å²) in [6, 6.07) is 6.13. The Morgan fingerprint density at radius 2 is 2.36 bits per heavy atom. The van der Waals surface area contributed by atoms with Gasteiger partial charge in [-0.1, -0.05) is 0 Å². The van der Waals surface area contributed by atoms with Crippen LogP contribution in [0.25, 0.3) is 11.3 Å². The van der Waals surface area contributed by atoms with Crippen molar-refractivity contribution in [2.75, 3.05) is 11.9 Å². The molecule has 2 aromatic heterocycles. The van der Waals surface area contributed by atoms with E-state index in [2.05, 4.69) is 26.3 Å². The molecule has 126 valence electrons. The number of H-pyrrole nitrogens is 1. The number of rotatable bonds is 4. The van der Waals surface area contributed by atoms with Crippen LogP contribution in [-0.2, 0) is 11.2 Å². The topological polar surface area (TPSA) is 79.9 Å². The summed E-state index contributed by atoms with van der Waals surface area (Å²) in [5.41, 5.74) is 4.19. The Bertz CT molecular complexity index is 934. The Morgan fingerprint density at radius 3 is 3.24 bits per heavy atom. The van der Waals surface area contributed by atoms with E-state index in [4.69, 9.17) is 4.74 Å². The van der Waals surface area contributed by atoms with Gasteiger partial charge in [-0.05, 0) is 30.2 Å². The number of nitrogens with one attached hydrogen (secondary N) is 2. The minimum Gasteiger partial charge on any atom is -0.493 e. The highest BCUT2D eigenvalue weighted by atomic mass is 32.1. The Kier molecular flexibility index (Phi) is 3.34. The molecule has 1 amide bonds. The Hall–Kier alpha value is -2.67. The molecular formula is C18H16N4O2S. The van der Waals surface area contributed by atoms with Gasteiger partial charge in [0.05, 0.1) is 18.6 Å². The van der Waals surface area contributed by atoms with Gasteiger partial charge in [-0.2, -0.15) is 0 Å². The molecule has 0 bridgehead atoms. The number of carbonyl (C=O) groups is 1. The second-order valence-corrected chi connectivity index (χ2v) is 7.26. The highest BCUT2D eigenvalue weighted by Crippen LogP contribution is 2.47. The molecule has 0 spiro atoms. The van der Waals surface area contributed by atoms with Crippen molar-refractivity contribution < 1.29 is 9.53 Å². The van der Waals surface area contributed by atoms with Crippen molar-refractivity contribution in [1.82, 2.24) is 15.0 Å². The molecule has 0 unspecified atom stereocenters. The highest BCUT2D eigenvalue weighted by Gasteiger charge is 2.45. The first-order valence-electron chi connectivity index (χ1n) is 8.29. The lowest BCUT2D eigenvalue weighted by Crippen LogP contribution is -2.14. The van der Waals surface area contributed by atoms with Crippen LogP contribution in [0.4, 0.5) is 5.13 Å². The number of aromatic amines is 1. The summed E-state index contributed by atoms with van der Waals surface area (Å²) in [7, 11) is 0. The average molecular weight is 352 g/mol. The minimum atomic E-state index is 0.00458. The molecule has 1 aliphatic heterocycles. The van der Waals surface area contributed by atoms with Gasteiger partial charge in [-0.25, -0.2) is 9.97 Å². The zero-order chi connectivity index (χ0) is 16.8. The molecule has 6 nitrogen and oxygen atoms in total. The normalized spacial score (nSPS) is 20.8. The third-order valence-electron chi connectivity index (χ3n) is 4.77. The third kappa shape index (κ3) is 2.70. The smallest absolute Gasteiger partial charge is 0.229 e. The molecule has 2 N–H and O–H groups in total. The lowest BCUT2D eigenvalue weighted by atomic mass is 10.1. The molecule has 5 rings (SSSR count). The molecule has 1 aromatic carbocycles. The first-order chi connectivity index (χ1) is 12.3. The van der Waals surface area contributed by atoms with Crippen LogP contribution in [0.3, 0.4) is 0 Å². The summed E-state index contributed by atoms with van der Waals surface area (Å²) in [6.45, 7) is 0.746. The number of fused-ring (bicyclic) bond motifs is 1.